The number of halogens is 1. The molecule has 0 bridgehead atoms. The van der Waals surface area contributed by atoms with Crippen molar-refractivity contribution in [2.24, 2.45) is 5.73 Å². The van der Waals surface area contributed by atoms with Gasteiger partial charge in [-0.3, -0.25) is 0 Å². The molecule has 0 radical (unpaired) electrons. The molecule has 3 N–H and O–H groups in total. The zero-order chi connectivity index (χ0) is 9.42. The predicted molar refractivity (Wildman–Crippen MR) is 56.4 cm³/mol. The lowest BCUT2D eigenvalue weighted by atomic mass is 10.3. The van der Waals surface area contributed by atoms with E-state index in [9.17, 15) is 0 Å². The van der Waals surface area contributed by atoms with Crippen LogP contribution < -0.4 is 5.73 Å². The SMILES string of the molecule is C[C@@H](N)c1nc2ccc(Br)cc2[nH]1. The highest BCUT2D eigenvalue weighted by Crippen LogP contribution is 2.19. The minimum absolute atomic E-state index is 0.0498. The summed E-state index contributed by atoms with van der Waals surface area (Å²) < 4.78 is 1.04. The van der Waals surface area contributed by atoms with E-state index in [1.807, 2.05) is 25.1 Å². The van der Waals surface area contributed by atoms with Gasteiger partial charge in [0.25, 0.3) is 0 Å². The van der Waals surface area contributed by atoms with E-state index in [0.717, 1.165) is 21.3 Å². The van der Waals surface area contributed by atoms with E-state index in [1.165, 1.54) is 0 Å². The van der Waals surface area contributed by atoms with Gasteiger partial charge in [0.2, 0.25) is 0 Å². The molecule has 0 aliphatic heterocycles. The lowest BCUT2D eigenvalue weighted by molar-refractivity contribution is 0.760. The molecule has 4 heteroatoms. The molecule has 0 amide bonds. The van der Waals surface area contributed by atoms with Crippen LogP contribution in [0.15, 0.2) is 22.7 Å². The number of rotatable bonds is 1. The molecule has 1 heterocycles. The molecular formula is C9H10BrN3. The first-order valence-electron chi connectivity index (χ1n) is 4.07. The van der Waals surface area contributed by atoms with Gasteiger partial charge in [0.15, 0.2) is 0 Å². The van der Waals surface area contributed by atoms with Crippen LogP contribution in [0.25, 0.3) is 11.0 Å². The Kier molecular flexibility index (Phi) is 2.09. The van der Waals surface area contributed by atoms with Gasteiger partial charge in [-0.2, -0.15) is 0 Å². The van der Waals surface area contributed by atoms with Gasteiger partial charge < -0.3 is 10.7 Å². The van der Waals surface area contributed by atoms with Gasteiger partial charge in [0.05, 0.1) is 17.1 Å². The molecule has 0 aliphatic rings. The van der Waals surface area contributed by atoms with Crippen LogP contribution in [0.4, 0.5) is 0 Å². The highest BCUT2D eigenvalue weighted by molar-refractivity contribution is 9.10. The first kappa shape index (κ1) is 8.72. The molecule has 0 fully saturated rings. The Morgan fingerprint density at radius 2 is 2.31 bits per heavy atom. The number of imidazole rings is 1. The Labute approximate surface area is 84.5 Å². The number of aromatic amines is 1. The van der Waals surface area contributed by atoms with Crippen molar-refractivity contribution in [3.05, 3.63) is 28.5 Å². The predicted octanol–water partition coefficient (Wildman–Crippen LogP) is 2.35. The van der Waals surface area contributed by atoms with E-state index in [-0.39, 0.29) is 6.04 Å². The number of H-pyrrole nitrogens is 1. The quantitative estimate of drug-likeness (QED) is 0.803. The summed E-state index contributed by atoms with van der Waals surface area (Å²) in [5, 5.41) is 0. The number of nitrogens with two attached hydrogens (primary N) is 1. The summed E-state index contributed by atoms with van der Waals surface area (Å²) >= 11 is 3.40. The minimum Gasteiger partial charge on any atom is -0.341 e. The molecule has 0 spiro atoms. The Hall–Kier alpha value is -0.870. The van der Waals surface area contributed by atoms with Crippen LogP contribution in [0.1, 0.15) is 18.8 Å². The van der Waals surface area contributed by atoms with Crippen molar-refractivity contribution >= 4 is 27.0 Å². The summed E-state index contributed by atoms with van der Waals surface area (Å²) in [6, 6.07) is 5.87. The highest BCUT2D eigenvalue weighted by atomic mass is 79.9. The number of hydrogen-bond donors (Lipinski definition) is 2. The Morgan fingerprint density at radius 3 is 3.00 bits per heavy atom. The van der Waals surface area contributed by atoms with E-state index in [1.54, 1.807) is 0 Å². The molecule has 1 atom stereocenters. The van der Waals surface area contributed by atoms with Gasteiger partial charge in [-0.1, -0.05) is 15.9 Å². The summed E-state index contributed by atoms with van der Waals surface area (Å²) in [5.41, 5.74) is 7.68. The van der Waals surface area contributed by atoms with E-state index in [2.05, 4.69) is 25.9 Å². The maximum absolute atomic E-state index is 5.71. The van der Waals surface area contributed by atoms with Gasteiger partial charge in [-0.15, -0.1) is 0 Å². The first-order chi connectivity index (χ1) is 6.16. The van der Waals surface area contributed by atoms with E-state index < -0.39 is 0 Å². The fraction of sp³-hybridized carbons (Fsp3) is 0.222. The van der Waals surface area contributed by atoms with Crippen LogP contribution in [0.5, 0.6) is 0 Å². The van der Waals surface area contributed by atoms with Crippen molar-refractivity contribution < 1.29 is 0 Å². The molecule has 3 nitrogen and oxygen atoms in total. The zero-order valence-electron chi connectivity index (χ0n) is 7.21. The summed E-state index contributed by atoms with van der Waals surface area (Å²) in [7, 11) is 0. The van der Waals surface area contributed by atoms with E-state index in [4.69, 9.17) is 5.73 Å². The molecule has 0 aliphatic carbocycles. The first-order valence-corrected chi connectivity index (χ1v) is 4.87. The summed E-state index contributed by atoms with van der Waals surface area (Å²) in [6.07, 6.45) is 0. The van der Waals surface area contributed by atoms with Crippen LogP contribution in [-0.2, 0) is 0 Å². The average Bonchev–Trinajstić information content (AvgIpc) is 2.46. The van der Waals surface area contributed by atoms with E-state index >= 15 is 0 Å². The molecular weight excluding hydrogens is 230 g/mol. The Bertz CT molecular complexity index is 433. The van der Waals surface area contributed by atoms with E-state index in [0.29, 0.717) is 0 Å². The van der Waals surface area contributed by atoms with Gasteiger partial charge in [0, 0.05) is 4.47 Å². The Balaban J connectivity index is 2.62. The van der Waals surface area contributed by atoms with Crippen molar-refractivity contribution in [3.8, 4) is 0 Å². The normalized spacial score (nSPS) is 13.5. The molecule has 1 aromatic heterocycles. The van der Waals surface area contributed by atoms with Crippen LogP contribution in [0, 0.1) is 0 Å². The number of benzene rings is 1. The van der Waals surface area contributed by atoms with Gasteiger partial charge in [-0.25, -0.2) is 4.98 Å². The summed E-state index contributed by atoms with van der Waals surface area (Å²) in [4.78, 5) is 7.52. The molecule has 68 valence electrons. The van der Waals surface area contributed by atoms with Crippen molar-refractivity contribution in [2.45, 2.75) is 13.0 Å². The van der Waals surface area contributed by atoms with Crippen molar-refractivity contribution in [1.82, 2.24) is 9.97 Å². The summed E-state index contributed by atoms with van der Waals surface area (Å²) in [5.74, 6) is 0.827. The number of nitrogens with zero attached hydrogens (tertiary/aromatic N) is 1. The second kappa shape index (κ2) is 3.12. The third kappa shape index (κ3) is 1.59. The molecule has 2 aromatic rings. The fourth-order valence-electron chi connectivity index (χ4n) is 1.22. The van der Waals surface area contributed by atoms with Crippen LogP contribution >= 0.6 is 15.9 Å². The maximum Gasteiger partial charge on any atom is 0.123 e. The topological polar surface area (TPSA) is 54.7 Å². The third-order valence-corrected chi connectivity index (χ3v) is 2.39. The zero-order valence-corrected chi connectivity index (χ0v) is 8.80. The Morgan fingerprint density at radius 1 is 1.54 bits per heavy atom. The monoisotopic (exact) mass is 239 g/mol. The molecule has 2 rings (SSSR count). The van der Waals surface area contributed by atoms with Crippen molar-refractivity contribution in [1.29, 1.82) is 0 Å². The average molecular weight is 240 g/mol. The van der Waals surface area contributed by atoms with Crippen LogP contribution in [0.3, 0.4) is 0 Å². The second-order valence-corrected chi connectivity index (χ2v) is 3.99. The third-order valence-electron chi connectivity index (χ3n) is 1.89. The fourth-order valence-corrected chi connectivity index (χ4v) is 1.58. The second-order valence-electron chi connectivity index (χ2n) is 3.07. The van der Waals surface area contributed by atoms with Crippen molar-refractivity contribution in [2.75, 3.05) is 0 Å². The van der Waals surface area contributed by atoms with Gasteiger partial charge in [-0.05, 0) is 25.1 Å². The number of aromatic nitrogens is 2. The summed E-state index contributed by atoms with van der Waals surface area (Å²) in [6.45, 7) is 1.91. The largest absolute Gasteiger partial charge is 0.341 e. The molecule has 0 unspecified atom stereocenters. The number of hydrogen-bond acceptors (Lipinski definition) is 2. The lowest BCUT2D eigenvalue weighted by Crippen LogP contribution is -2.06. The standard InChI is InChI=1S/C9H10BrN3/c1-5(11)9-12-7-3-2-6(10)4-8(7)13-9/h2-5H,11H2,1H3,(H,12,13)/t5-/m1/s1. The number of fused-ring (bicyclic) bond motifs is 1. The van der Waals surface area contributed by atoms with Crippen LogP contribution in [-0.4, -0.2) is 9.97 Å². The lowest BCUT2D eigenvalue weighted by Gasteiger charge is -1.96. The molecule has 0 saturated carbocycles. The smallest absolute Gasteiger partial charge is 0.123 e. The van der Waals surface area contributed by atoms with Gasteiger partial charge in [0.1, 0.15) is 5.82 Å². The van der Waals surface area contributed by atoms with Crippen LogP contribution in [0.2, 0.25) is 0 Å². The minimum atomic E-state index is -0.0498. The highest BCUT2D eigenvalue weighted by Gasteiger charge is 2.05. The maximum atomic E-state index is 5.71. The molecule has 13 heavy (non-hydrogen) atoms. The molecule has 1 aromatic carbocycles. The van der Waals surface area contributed by atoms with Crippen molar-refractivity contribution in [3.63, 3.8) is 0 Å². The van der Waals surface area contributed by atoms with Gasteiger partial charge >= 0.3 is 0 Å². The number of nitrogens with one attached hydrogen (secondary N) is 1. The molecule has 0 saturated heterocycles.